The van der Waals surface area contributed by atoms with Crippen LogP contribution in [0.4, 0.5) is 0 Å². The van der Waals surface area contributed by atoms with Gasteiger partial charge in [0.1, 0.15) is 5.75 Å². The number of nitrogens with zero attached hydrogens (tertiary/aromatic N) is 1. The van der Waals surface area contributed by atoms with E-state index in [2.05, 4.69) is 20.8 Å². The molecule has 1 unspecified atom stereocenters. The van der Waals surface area contributed by atoms with E-state index in [1.807, 2.05) is 24.3 Å². The first-order valence-corrected chi connectivity index (χ1v) is 10.5. The lowest BCUT2D eigenvalue weighted by molar-refractivity contribution is 0.232. The summed E-state index contributed by atoms with van der Waals surface area (Å²) in [6.07, 6.45) is 2.25. The average molecular weight is 305 g/mol. The van der Waals surface area contributed by atoms with Gasteiger partial charge in [-0.3, -0.25) is 0 Å². The van der Waals surface area contributed by atoms with Crippen molar-refractivity contribution < 1.29 is 9.53 Å². The number of hydrogen-bond acceptors (Lipinski definition) is 3. The highest BCUT2D eigenvalue weighted by atomic mass is 28.4. The minimum atomic E-state index is -1.85. The number of nitriles is 1. The topological polar surface area (TPSA) is 53.2 Å². The van der Waals surface area contributed by atoms with Gasteiger partial charge in [-0.05, 0) is 24.2 Å². The van der Waals surface area contributed by atoms with Crippen molar-refractivity contribution in [2.75, 3.05) is 0 Å². The summed E-state index contributed by atoms with van der Waals surface area (Å²) in [4.78, 5) is 0. The molecule has 116 valence electrons. The van der Waals surface area contributed by atoms with Crippen molar-refractivity contribution in [3.8, 4) is 11.8 Å². The van der Waals surface area contributed by atoms with E-state index in [0.29, 0.717) is 11.3 Å². The Bertz CT molecular complexity index is 453. The minimum Gasteiger partial charge on any atom is -0.543 e. The molecule has 0 saturated carbocycles. The number of para-hydroxylation sites is 1. The summed E-state index contributed by atoms with van der Waals surface area (Å²) < 4.78 is 6.51. The summed E-state index contributed by atoms with van der Waals surface area (Å²) in [5, 5.41) is 18.8. The molecule has 4 heteroatoms. The quantitative estimate of drug-likeness (QED) is 0.527. The maximum Gasteiger partial charge on any atom is 0.251 e. The Balaban J connectivity index is 3.10. The van der Waals surface area contributed by atoms with Crippen LogP contribution in [0.3, 0.4) is 0 Å². The third kappa shape index (κ3) is 4.87. The molecule has 1 rings (SSSR count). The fourth-order valence-electron chi connectivity index (χ4n) is 3.00. The number of aliphatic hydroxyl groups is 1. The third-order valence-corrected chi connectivity index (χ3v) is 8.67. The van der Waals surface area contributed by atoms with Gasteiger partial charge in [-0.25, -0.2) is 0 Å². The molecule has 0 aromatic heterocycles. The number of benzene rings is 1. The van der Waals surface area contributed by atoms with E-state index in [1.54, 1.807) is 6.07 Å². The van der Waals surface area contributed by atoms with Crippen molar-refractivity contribution in [1.82, 2.24) is 0 Å². The largest absolute Gasteiger partial charge is 0.543 e. The van der Waals surface area contributed by atoms with E-state index in [4.69, 9.17) is 9.69 Å². The van der Waals surface area contributed by atoms with Crippen LogP contribution in [0.15, 0.2) is 24.3 Å². The van der Waals surface area contributed by atoms with Gasteiger partial charge in [0.2, 0.25) is 0 Å². The highest BCUT2D eigenvalue weighted by Crippen LogP contribution is 2.33. The molecule has 0 amide bonds. The van der Waals surface area contributed by atoms with E-state index >= 15 is 0 Å². The van der Waals surface area contributed by atoms with Crippen LogP contribution < -0.4 is 4.43 Å². The van der Waals surface area contributed by atoms with Crippen molar-refractivity contribution in [2.24, 2.45) is 0 Å². The molecule has 0 bridgehead atoms. The van der Waals surface area contributed by atoms with Crippen LogP contribution in [0.1, 0.15) is 51.7 Å². The van der Waals surface area contributed by atoms with Crippen molar-refractivity contribution in [2.45, 2.75) is 64.3 Å². The molecule has 0 heterocycles. The standard InChI is InChI=1S/C17H27NO2Si/c1-4-11-21(12-5-2,13-6-3)20-17-10-8-7-9-15(17)16(19)14-18/h7-10,16,19H,4-6,11-13H2,1-3H3. The van der Waals surface area contributed by atoms with E-state index in [-0.39, 0.29) is 0 Å². The molecule has 1 atom stereocenters. The van der Waals surface area contributed by atoms with E-state index in [1.165, 1.54) is 0 Å². The molecular weight excluding hydrogens is 278 g/mol. The van der Waals surface area contributed by atoms with Crippen molar-refractivity contribution in [1.29, 1.82) is 5.26 Å². The van der Waals surface area contributed by atoms with Gasteiger partial charge in [0.25, 0.3) is 8.32 Å². The molecule has 0 saturated heterocycles. The molecule has 3 nitrogen and oxygen atoms in total. The molecular formula is C17H27NO2Si. The Morgan fingerprint density at radius 3 is 2.10 bits per heavy atom. The Morgan fingerprint density at radius 1 is 1.10 bits per heavy atom. The predicted octanol–water partition coefficient (Wildman–Crippen LogP) is 4.80. The highest BCUT2D eigenvalue weighted by molar-refractivity contribution is 6.74. The first kappa shape index (κ1) is 17.7. The lowest BCUT2D eigenvalue weighted by Gasteiger charge is -2.32. The first-order valence-electron chi connectivity index (χ1n) is 7.98. The first-order chi connectivity index (χ1) is 10.1. The van der Waals surface area contributed by atoms with Crippen LogP contribution in [0.25, 0.3) is 0 Å². The van der Waals surface area contributed by atoms with Crippen LogP contribution in [-0.4, -0.2) is 13.4 Å². The Kier molecular flexibility index (Phi) is 7.48. The Morgan fingerprint density at radius 2 is 1.62 bits per heavy atom. The SMILES string of the molecule is CCC[Si](CCC)(CCC)Oc1ccccc1C(O)C#N. The molecule has 21 heavy (non-hydrogen) atoms. The van der Waals surface area contributed by atoms with Gasteiger partial charge in [-0.15, -0.1) is 0 Å². The normalized spacial score (nSPS) is 12.7. The molecule has 0 radical (unpaired) electrons. The monoisotopic (exact) mass is 305 g/mol. The van der Waals surface area contributed by atoms with Crippen LogP contribution in [0, 0.1) is 11.3 Å². The zero-order valence-corrected chi connectivity index (χ0v) is 14.4. The summed E-state index contributed by atoms with van der Waals surface area (Å²) >= 11 is 0. The maximum atomic E-state index is 9.87. The van der Waals surface area contributed by atoms with Crippen LogP contribution in [0.2, 0.25) is 18.1 Å². The zero-order valence-electron chi connectivity index (χ0n) is 13.4. The fourth-order valence-corrected chi connectivity index (χ4v) is 7.44. The van der Waals surface area contributed by atoms with E-state index in [0.717, 1.165) is 37.4 Å². The van der Waals surface area contributed by atoms with Gasteiger partial charge >= 0.3 is 0 Å². The number of rotatable bonds is 9. The molecule has 1 N–H and O–H groups in total. The Labute approximate surface area is 129 Å². The second kappa shape index (κ2) is 8.86. The summed E-state index contributed by atoms with van der Waals surface area (Å²) in [7, 11) is -1.85. The molecule has 0 fully saturated rings. The lowest BCUT2D eigenvalue weighted by atomic mass is 10.1. The molecule has 0 spiro atoms. The van der Waals surface area contributed by atoms with Crippen LogP contribution in [-0.2, 0) is 0 Å². The van der Waals surface area contributed by atoms with Gasteiger partial charge in [0, 0.05) is 5.56 Å². The summed E-state index contributed by atoms with van der Waals surface area (Å²) in [5.41, 5.74) is 0.597. The molecule has 1 aromatic rings. The summed E-state index contributed by atoms with van der Waals surface area (Å²) in [6.45, 7) is 6.60. The predicted molar refractivity (Wildman–Crippen MR) is 88.7 cm³/mol. The molecule has 1 aromatic carbocycles. The highest BCUT2D eigenvalue weighted by Gasteiger charge is 2.35. The van der Waals surface area contributed by atoms with Gasteiger partial charge in [-0.2, -0.15) is 5.26 Å². The molecule has 0 aliphatic rings. The third-order valence-electron chi connectivity index (χ3n) is 3.78. The smallest absolute Gasteiger partial charge is 0.251 e. The van der Waals surface area contributed by atoms with Gasteiger partial charge in [0.05, 0.1) is 6.07 Å². The summed E-state index contributed by atoms with van der Waals surface area (Å²) in [6, 6.07) is 12.7. The van der Waals surface area contributed by atoms with Crippen molar-refractivity contribution >= 4 is 8.32 Å². The number of hydrogen-bond donors (Lipinski definition) is 1. The van der Waals surface area contributed by atoms with Crippen LogP contribution in [0.5, 0.6) is 5.75 Å². The van der Waals surface area contributed by atoms with Gasteiger partial charge in [-0.1, -0.05) is 58.2 Å². The van der Waals surface area contributed by atoms with Gasteiger partial charge < -0.3 is 9.53 Å². The van der Waals surface area contributed by atoms with Crippen molar-refractivity contribution in [3.63, 3.8) is 0 Å². The van der Waals surface area contributed by atoms with Crippen LogP contribution >= 0.6 is 0 Å². The average Bonchev–Trinajstić information content (AvgIpc) is 2.48. The lowest BCUT2D eigenvalue weighted by Crippen LogP contribution is -2.41. The second-order valence-corrected chi connectivity index (χ2v) is 9.67. The van der Waals surface area contributed by atoms with Crippen molar-refractivity contribution in [3.05, 3.63) is 29.8 Å². The second-order valence-electron chi connectivity index (χ2n) is 5.60. The van der Waals surface area contributed by atoms with E-state index in [9.17, 15) is 5.11 Å². The fraction of sp³-hybridized carbons (Fsp3) is 0.588. The zero-order chi connectivity index (χ0) is 15.7. The van der Waals surface area contributed by atoms with Gasteiger partial charge in [0.15, 0.2) is 6.10 Å². The minimum absolute atomic E-state index is 0.597. The Hall–Kier alpha value is -1.31. The molecule has 0 aliphatic carbocycles. The number of aliphatic hydroxyl groups excluding tert-OH is 1. The molecule has 0 aliphatic heterocycles. The van der Waals surface area contributed by atoms with E-state index < -0.39 is 14.4 Å². The maximum absolute atomic E-state index is 9.87. The summed E-state index contributed by atoms with van der Waals surface area (Å²) in [5.74, 6) is 0.702.